The van der Waals surface area contributed by atoms with Crippen LogP contribution in [0.1, 0.15) is 19.8 Å². The van der Waals surface area contributed by atoms with Crippen LogP contribution in [0.3, 0.4) is 0 Å². The lowest BCUT2D eigenvalue weighted by molar-refractivity contribution is -0.120. The Hall–Kier alpha value is -1.55. The maximum atomic E-state index is 12.0. The number of hydrogen-bond acceptors (Lipinski definition) is 3. The Kier molecular flexibility index (Phi) is 3.64. The van der Waals surface area contributed by atoms with Crippen LogP contribution in [0.15, 0.2) is 24.3 Å². The molecule has 0 bridgehead atoms. The molecule has 2 atom stereocenters. The van der Waals surface area contributed by atoms with Crippen molar-refractivity contribution >= 4 is 11.6 Å². The summed E-state index contributed by atoms with van der Waals surface area (Å²) in [6.07, 6.45) is 1.76. The quantitative estimate of drug-likeness (QED) is 0.683. The number of amides is 1. The molecule has 1 aromatic carbocycles. The Morgan fingerprint density at radius 3 is 2.76 bits per heavy atom. The molecule has 2 rings (SSSR count). The molecule has 17 heavy (non-hydrogen) atoms. The van der Waals surface area contributed by atoms with Gasteiger partial charge in [0, 0.05) is 17.6 Å². The van der Waals surface area contributed by atoms with Gasteiger partial charge in [-0.05, 0) is 50.6 Å². The highest BCUT2D eigenvalue weighted by molar-refractivity contribution is 5.92. The largest absolute Gasteiger partial charge is 0.508 e. The molecule has 1 aliphatic heterocycles. The standard InChI is InChI=1S/C13H18N2O2/c1-9-8-10(6-7-14-9)13(17)15-11-2-4-12(16)5-3-11/h2-5,9-10,14,16H,6-8H2,1H3,(H,15,17)/t9-,10-/m0/s1. The summed E-state index contributed by atoms with van der Waals surface area (Å²) in [5, 5.41) is 15.4. The first kappa shape index (κ1) is 11.9. The monoisotopic (exact) mass is 234 g/mol. The van der Waals surface area contributed by atoms with Crippen molar-refractivity contribution in [3.8, 4) is 5.75 Å². The minimum atomic E-state index is 0.0732. The normalized spacial score (nSPS) is 24.3. The highest BCUT2D eigenvalue weighted by atomic mass is 16.3. The van der Waals surface area contributed by atoms with Gasteiger partial charge in [0.25, 0.3) is 0 Å². The zero-order valence-corrected chi connectivity index (χ0v) is 9.94. The molecule has 0 saturated carbocycles. The number of rotatable bonds is 2. The number of nitrogens with one attached hydrogen (secondary N) is 2. The highest BCUT2D eigenvalue weighted by Gasteiger charge is 2.24. The van der Waals surface area contributed by atoms with Gasteiger partial charge in [0.2, 0.25) is 5.91 Å². The molecule has 1 amide bonds. The Morgan fingerprint density at radius 1 is 1.41 bits per heavy atom. The fourth-order valence-electron chi connectivity index (χ4n) is 2.16. The SMILES string of the molecule is C[C@H]1C[C@@H](C(=O)Nc2ccc(O)cc2)CCN1. The summed E-state index contributed by atoms with van der Waals surface area (Å²) in [5.74, 6) is 0.364. The van der Waals surface area contributed by atoms with Crippen molar-refractivity contribution in [1.82, 2.24) is 5.32 Å². The maximum Gasteiger partial charge on any atom is 0.227 e. The van der Waals surface area contributed by atoms with Crippen LogP contribution in [0.5, 0.6) is 5.75 Å². The second-order valence-corrected chi connectivity index (χ2v) is 4.61. The third-order valence-electron chi connectivity index (χ3n) is 3.13. The lowest BCUT2D eigenvalue weighted by Crippen LogP contribution is -2.40. The number of carbonyl (C=O) groups excluding carboxylic acids is 1. The molecule has 1 heterocycles. The lowest BCUT2D eigenvalue weighted by atomic mass is 9.92. The predicted octanol–water partition coefficient (Wildman–Crippen LogP) is 1.72. The third-order valence-corrected chi connectivity index (χ3v) is 3.13. The van der Waals surface area contributed by atoms with Crippen LogP contribution >= 0.6 is 0 Å². The van der Waals surface area contributed by atoms with E-state index in [-0.39, 0.29) is 17.6 Å². The van der Waals surface area contributed by atoms with E-state index in [2.05, 4.69) is 17.6 Å². The summed E-state index contributed by atoms with van der Waals surface area (Å²) in [5.41, 5.74) is 0.735. The van der Waals surface area contributed by atoms with Crippen molar-refractivity contribution in [2.45, 2.75) is 25.8 Å². The summed E-state index contributed by atoms with van der Waals surface area (Å²) >= 11 is 0. The van der Waals surface area contributed by atoms with Crippen LogP contribution in [0.2, 0.25) is 0 Å². The molecular weight excluding hydrogens is 216 g/mol. The van der Waals surface area contributed by atoms with E-state index in [1.54, 1.807) is 24.3 Å². The first-order valence-electron chi connectivity index (χ1n) is 5.98. The Balaban J connectivity index is 1.94. The van der Waals surface area contributed by atoms with E-state index in [9.17, 15) is 4.79 Å². The minimum Gasteiger partial charge on any atom is -0.508 e. The Morgan fingerprint density at radius 2 is 2.12 bits per heavy atom. The van der Waals surface area contributed by atoms with Gasteiger partial charge in [-0.15, -0.1) is 0 Å². The fourth-order valence-corrected chi connectivity index (χ4v) is 2.16. The molecule has 1 aliphatic rings. The minimum absolute atomic E-state index is 0.0732. The number of phenols is 1. The van der Waals surface area contributed by atoms with E-state index in [1.807, 2.05) is 0 Å². The van der Waals surface area contributed by atoms with Crippen molar-refractivity contribution in [3.63, 3.8) is 0 Å². The van der Waals surface area contributed by atoms with Crippen LogP contribution in [0.4, 0.5) is 5.69 Å². The zero-order chi connectivity index (χ0) is 12.3. The molecule has 1 fully saturated rings. The number of anilines is 1. The molecule has 92 valence electrons. The predicted molar refractivity (Wildman–Crippen MR) is 66.9 cm³/mol. The van der Waals surface area contributed by atoms with E-state index in [0.29, 0.717) is 6.04 Å². The van der Waals surface area contributed by atoms with Crippen LogP contribution in [-0.2, 0) is 4.79 Å². The second-order valence-electron chi connectivity index (χ2n) is 4.61. The van der Waals surface area contributed by atoms with Gasteiger partial charge in [0.15, 0.2) is 0 Å². The number of aromatic hydroxyl groups is 1. The van der Waals surface area contributed by atoms with Crippen molar-refractivity contribution in [3.05, 3.63) is 24.3 Å². The molecule has 4 nitrogen and oxygen atoms in total. The number of phenolic OH excluding ortho intramolecular Hbond substituents is 1. The lowest BCUT2D eigenvalue weighted by Gasteiger charge is -2.27. The third kappa shape index (κ3) is 3.20. The smallest absolute Gasteiger partial charge is 0.227 e. The topological polar surface area (TPSA) is 61.4 Å². The number of benzene rings is 1. The molecule has 1 aromatic rings. The molecule has 4 heteroatoms. The molecule has 1 saturated heterocycles. The molecule has 0 aliphatic carbocycles. The summed E-state index contributed by atoms with van der Waals surface area (Å²) in [6.45, 7) is 2.99. The van der Waals surface area contributed by atoms with Crippen LogP contribution < -0.4 is 10.6 Å². The van der Waals surface area contributed by atoms with Gasteiger partial charge in [0.05, 0.1) is 0 Å². The molecule has 0 spiro atoms. The molecular formula is C13H18N2O2. The molecule has 0 unspecified atom stereocenters. The number of hydrogen-bond donors (Lipinski definition) is 3. The first-order chi connectivity index (χ1) is 8.15. The molecule has 3 N–H and O–H groups in total. The zero-order valence-electron chi connectivity index (χ0n) is 9.94. The summed E-state index contributed by atoms with van der Waals surface area (Å²) in [6, 6.07) is 6.95. The van der Waals surface area contributed by atoms with Crippen LogP contribution in [0, 0.1) is 5.92 Å². The van der Waals surface area contributed by atoms with E-state index in [4.69, 9.17) is 5.11 Å². The fraction of sp³-hybridized carbons (Fsp3) is 0.462. The Labute approximate surface area is 101 Å². The second kappa shape index (κ2) is 5.19. The summed E-state index contributed by atoms with van der Waals surface area (Å²) < 4.78 is 0. The van der Waals surface area contributed by atoms with Gasteiger partial charge in [-0.25, -0.2) is 0 Å². The van der Waals surface area contributed by atoms with Gasteiger partial charge in [-0.2, -0.15) is 0 Å². The maximum absolute atomic E-state index is 12.0. The van der Waals surface area contributed by atoms with E-state index < -0.39 is 0 Å². The van der Waals surface area contributed by atoms with E-state index in [1.165, 1.54) is 0 Å². The van der Waals surface area contributed by atoms with Crippen molar-refractivity contribution < 1.29 is 9.90 Å². The average Bonchev–Trinajstić information content (AvgIpc) is 2.32. The Bertz CT molecular complexity index is 389. The van der Waals surface area contributed by atoms with Gasteiger partial charge < -0.3 is 15.7 Å². The van der Waals surface area contributed by atoms with Crippen molar-refractivity contribution in [2.75, 3.05) is 11.9 Å². The first-order valence-corrected chi connectivity index (χ1v) is 5.98. The van der Waals surface area contributed by atoms with Gasteiger partial charge in [-0.1, -0.05) is 0 Å². The highest BCUT2D eigenvalue weighted by Crippen LogP contribution is 2.19. The number of piperidine rings is 1. The van der Waals surface area contributed by atoms with Gasteiger partial charge in [0.1, 0.15) is 5.75 Å². The van der Waals surface area contributed by atoms with Crippen LogP contribution in [0.25, 0.3) is 0 Å². The molecule has 0 radical (unpaired) electrons. The van der Waals surface area contributed by atoms with E-state index in [0.717, 1.165) is 25.1 Å². The van der Waals surface area contributed by atoms with Crippen molar-refractivity contribution in [2.24, 2.45) is 5.92 Å². The number of carbonyl (C=O) groups is 1. The van der Waals surface area contributed by atoms with E-state index >= 15 is 0 Å². The summed E-state index contributed by atoms with van der Waals surface area (Å²) in [7, 11) is 0. The van der Waals surface area contributed by atoms with Crippen LogP contribution in [-0.4, -0.2) is 23.6 Å². The summed E-state index contributed by atoms with van der Waals surface area (Å²) in [4.78, 5) is 12.0. The molecule has 0 aromatic heterocycles. The van der Waals surface area contributed by atoms with Gasteiger partial charge >= 0.3 is 0 Å². The van der Waals surface area contributed by atoms with Gasteiger partial charge in [-0.3, -0.25) is 4.79 Å². The average molecular weight is 234 g/mol. The van der Waals surface area contributed by atoms with Crippen molar-refractivity contribution in [1.29, 1.82) is 0 Å².